The van der Waals surface area contributed by atoms with Crippen LogP contribution in [0, 0.1) is 13.8 Å². The van der Waals surface area contributed by atoms with Crippen molar-refractivity contribution in [3.05, 3.63) is 59.7 Å². The van der Waals surface area contributed by atoms with E-state index < -0.39 is 10.0 Å². The second-order valence-corrected chi connectivity index (χ2v) is 8.59. The highest BCUT2D eigenvalue weighted by Gasteiger charge is 2.30. The standard InChI is InChI=1S/C20H24N2O4S/c1-16-8-9-19(17(2)14-16)26-15-20(23)21-10-12-22(13-11-21)27(24,25)18-6-4-3-5-7-18/h3-9,14H,10-13,15H2,1-2H3. The van der Waals surface area contributed by atoms with Crippen LogP contribution >= 0.6 is 0 Å². The quantitative estimate of drug-likeness (QED) is 0.788. The number of rotatable bonds is 5. The summed E-state index contributed by atoms with van der Waals surface area (Å²) >= 11 is 0. The fraction of sp³-hybridized carbons (Fsp3) is 0.350. The molecule has 3 rings (SSSR count). The third-order valence-electron chi connectivity index (χ3n) is 4.65. The zero-order valence-corrected chi connectivity index (χ0v) is 16.4. The molecule has 144 valence electrons. The first-order valence-corrected chi connectivity index (χ1v) is 10.3. The number of ether oxygens (including phenoxy) is 1. The van der Waals surface area contributed by atoms with E-state index in [1.54, 1.807) is 35.2 Å². The molecule has 2 aromatic carbocycles. The topological polar surface area (TPSA) is 66.9 Å². The van der Waals surface area contributed by atoms with Gasteiger partial charge in [-0.15, -0.1) is 0 Å². The highest BCUT2D eigenvalue weighted by Crippen LogP contribution is 2.20. The molecular weight excluding hydrogens is 364 g/mol. The van der Waals surface area contributed by atoms with E-state index in [1.165, 1.54) is 4.31 Å². The molecule has 1 amide bonds. The molecule has 0 unspecified atom stereocenters. The van der Waals surface area contributed by atoms with E-state index in [4.69, 9.17) is 4.74 Å². The van der Waals surface area contributed by atoms with E-state index in [0.717, 1.165) is 11.1 Å². The van der Waals surface area contributed by atoms with Gasteiger partial charge in [0.25, 0.3) is 5.91 Å². The van der Waals surface area contributed by atoms with Crippen LogP contribution in [-0.4, -0.2) is 56.3 Å². The Morgan fingerprint density at radius 1 is 1.00 bits per heavy atom. The summed E-state index contributed by atoms with van der Waals surface area (Å²) in [6, 6.07) is 14.2. The summed E-state index contributed by atoms with van der Waals surface area (Å²) in [7, 11) is -3.51. The van der Waals surface area contributed by atoms with Crippen LogP contribution in [0.5, 0.6) is 5.75 Å². The maximum absolute atomic E-state index is 12.6. The molecular formula is C20H24N2O4S. The zero-order chi connectivity index (χ0) is 19.4. The number of benzene rings is 2. The van der Waals surface area contributed by atoms with E-state index >= 15 is 0 Å². The molecule has 1 aliphatic heterocycles. The van der Waals surface area contributed by atoms with Crippen LogP contribution < -0.4 is 4.74 Å². The summed E-state index contributed by atoms with van der Waals surface area (Å²) in [4.78, 5) is 14.3. The maximum atomic E-state index is 12.6. The number of carbonyl (C=O) groups is 1. The predicted octanol–water partition coefficient (Wildman–Crippen LogP) is 2.22. The fourth-order valence-corrected chi connectivity index (χ4v) is 4.55. The van der Waals surface area contributed by atoms with Crippen molar-refractivity contribution in [2.24, 2.45) is 0 Å². The maximum Gasteiger partial charge on any atom is 0.260 e. The van der Waals surface area contributed by atoms with Crippen molar-refractivity contribution in [1.82, 2.24) is 9.21 Å². The number of nitrogens with zero attached hydrogens (tertiary/aromatic N) is 2. The smallest absolute Gasteiger partial charge is 0.260 e. The Morgan fingerprint density at radius 2 is 1.67 bits per heavy atom. The Bertz CT molecular complexity index is 905. The van der Waals surface area contributed by atoms with Crippen LogP contribution in [0.3, 0.4) is 0 Å². The largest absolute Gasteiger partial charge is 0.484 e. The average molecular weight is 388 g/mol. The van der Waals surface area contributed by atoms with Crippen LogP contribution in [0.15, 0.2) is 53.4 Å². The van der Waals surface area contributed by atoms with Gasteiger partial charge in [-0.3, -0.25) is 4.79 Å². The summed E-state index contributed by atoms with van der Waals surface area (Å²) in [6.45, 7) is 5.20. The highest BCUT2D eigenvalue weighted by atomic mass is 32.2. The van der Waals surface area contributed by atoms with Gasteiger partial charge in [0.2, 0.25) is 10.0 Å². The van der Waals surface area contributed by atoms with Crippen LogP contribution in [0.4, 0.5) is 0 Å². The van der Waals surface area contributed by atoms with Crippen molar-refractivity contribution in [1.29, 1.82) is 0 Å². The van der Waals surface area contributed by atoms with Crippen molar-refractivity contribution in [2.45, 2.75) is 18.7 Å². The van der Waals surface area contributed by atoms with Gasteiger partial charge in [0, 0.05) is 26.2 Å². The minimum absolute atomic E-state index is 0.0463. The number of hydrogen-bond acceptors (Lipinski definition) is 4. The summed E-state index contributed by atoms with van der Waals surface area (Å²) in [5, 5.41) is 0. The molecule has 7 heteroatoms. The third-order valence-corrected chi connectivity index (χ3v) is 6.57. The minimum Gasteiger partial charge on any atom is -0.484 e. The Labute approximate surface area is 160 Å². The van der Waals surface area contributed by atoms with Crippen LogP contribution in [0.2, 0.25) is 0 Å². The summed E-state index contributed by atoms with van der Waals surface area (Å²) in [5.74, 6) is 0.561. The molecule has 1 fully saturated rings. The number of amides is 1. The lowest BCUT2D eigenvalue weighted by atomic mass is 10.1. The van der Waals surface area contributed by atoms with Gasteiger partial charge in [-0.25, -0.2) is 8.42 Å². The first kappa shape index (κ1) is 19.4. The van der Waals surface area contributed by atoms with Gasteiger partial charge in [0.05, 0.1) is 4.90 Å². The fourth-order valence-electron chi connectivity index (χ4n) is 3.11. The monoisotopic (exact) mass is 388 g/mol. The van der Waals surface area contributed by atoms with Gasteiger partial charge in [0.1, 0.15) is 5.75 Å². The van der Waals surface area contributed by atoms with Crippen LogP contribution in [0.25, 0.3) is 0 Å². The number of piperazine rings is 1. The number of carbonyl (C=O) groups excluding carboxylic acids is 1. The molecule has 0 atom stereocenters. The molecule has 0 aromatic heterocycles. The summed E-state index contributed by atoms with van der Waals surface area (Å²) < 4.78 is 32.3. The lowest BCUT2D eigenvalue weighted by Gasteiger charge is -2.34. The molecule has 0 radical (unpaired) electrons. The van der Waals surface area contributed by atoms with Gasteiger partial charge >= 0.3 is 0 Å². The van der Waals surface area contributed by atoms with Gasteiger partial charge in [-0.1, -0.05) is 35.9 Å². The summed E-state index contributed by atoms with van der Waals surface area (Å²) in [6.07, 6.45) is 0. The van der Waals surface area contributed by atoms with Crippen molar-refractivity contribution < 1.29 is 17.9 Å². The Morgan fingerprint density at radius 3 is 2.30 bits per heavy atom. The number of hydrogen-bond donors (Lipinski definition) is 0. The van der Waals surface area contributed by atoms with Crippen molar-refractivity contribution in [3.8, 4) is 5.75 Å². The Hall–Kier alpha value is -2.38. The highest BCUT2D eigenvalue weighted by molar-refractivity contribution is 7.89. The second-order valence-electron chi connectivity index (χ2n) is 6.66. The average Bonchev–Trinajstić information content (AvgIpc) is 2.68. The van der Waals surface area contributed by atoms with E-state index in [1.807, 2.05) is 32.0 Å². The Kier molecular flexibility index (Phi) is 5.82. The molecule has 0 saturated carbocycles. The van der Waals surface area contributed by atoms with Crippen LogP contribution in [-0.2, 0) is 14.8 Å². The van der Waals surface area contributed by atoms with Gasteiger partial charge < -0.3 is 9.64 Å². The molecule has 0 N–H and O–H groups in total. The Balaban J connectivity index is 1.55. The first-order chi connectivity index (χ1) is 12.9. The molecule has 27 heavy (non-hydrogen) atoms. The molecule has 0 spiro atoms. The SMILES string of the molecule is Cc1ccc(OCC(=O)N2CCN(S(=O)(=O)c3ccccc3)CC2)c(C)c1. The van der Waals surface area contributed by atoms with Crippen molar-refractivity contribution in [2.75, 3.05) is 32.8 Å². The third kappa shape index (κ3) is 4.48. The minimum atomic E-state index is -3.51. The van der Waals surface area contributed by atoms with Gasteiger partial charge in [-0.2, -0.15) is 4.31 Å². The van der Waals surface area contributed by atoms with E-state index in [0.29, 0.717) is 18.8 Å². The van der Waals surface area contributed by atoms with E-state index in [-0.39, 0.29) is 30.5 Å². The molecule has 2 aromatic rings. The molecule has 1 aliphatic rings. The number of sulfonamides is 1. The molecule has 0 bridgehead atoms. The van der Waals surface area contributed by atoms with Gasteiger partial charge in [-0.05, 0) is 37.6 Å². The van der Waals surface area contributed by atoms with E-state index in [2.05, 4.69) is 0 Å². The molecule has 1 saturated heterocycles. The molecule has 6 nitrogen and oxygen atoms in total. The normalized spacial score (nSPS) is 15.6. The molecule has 1 heterocycles. The van der Waals surface area contributed by atoms with Gasteiger partial charge in [0.15, 0.2) is 6.61 Å². The zero-order valence-electron chi connectivity index (χ0n) is 15.6. The van der Waals surface area contributed by atoms with E-state index in [9.17, 15) is 13.2 Å². The molecule has 0 aliphatic carbocycles. The first-order valence-electron chi connectivity index (χ1n) is 8.91. The van der Waals surface area contributed by atoms with Crippen LogP contribution in [0.1, 0.15) is 11.1 Å². The van der Waals surface area contributed by atoms with Crippen molar-refractivity contribution in [3.63, 3.8) is 0 Å². The second kappa shape index (κ2) is 8.10. The summed E-state index contributed by atoms with van der Waals surface area (Å²) in [5.41, 5.74) is 2.13. The van der Waals surface area contributed by atoms with Crippen molar-refractivity contribution >= 4 is 15.9 Å². The predicted molar refractivity (Wildman–Crippen MR) is 103 cm³/mol. The lowest BCUT2D eigenvalue weighted by molar-refractivity contribution is -0.134. The lowest BCUT2D eigenvalue weighted by Crippen LogP contribution is -2.51. The number of aryl methyl sites for hydroxylation is 2.